The van der Waals surface area contributed by atoms with Crippen LogP contribution in [0.15, 0.2) is 18.2 Å². The largest absolute Gasteiger partial charge is 0.573 e. The number of carbonyl (C=O) groups is 1. The van der Waals surface area contributed by atoms with Crippen molar-refractivity contribution in [3.05, 3.63) is 23.8 Å². The van der Waals surface area contributed by atoms with Gasteiger partial charge in [-0.05, 0) is 19.9 Å². The van der Waals surface area contributed by atoms with E-state index in [1.807, 2.05) is 0 Å². The molecule has 112 valence electrons. The number of para-hydroxylation sites is 1. The van der Waals surface area contributed by atoms with Crippen LogP contribution in [0.25, 0.3) is 0 Å². The molecular formula is C13H15F3O4. The lowest BCUT2D eigenvalue weighted by Crippen LogP contribution is -2.20. The zero-order chi connectivity index (χ0) is 15.2. The van der Waals surface area contributed by atoms with Crippen molar-refractivity contribution >= 4 is 5.97 Å². The molecule has 1 rings (SSSR count). The molecule has 0 radical (unpaired) electrons. The Balaban J connectivity index is 3.08. The van der Waals surface area contributed by atoms with E-state index < -0.39 is 18.1 Å². The molecule has 7 heteroatoms. The minimum absolute atomic E-state index is 0.0618. The van der Waals surface area contributed by atoms with Crippen LogP contribution < -0.4 is 9.47 Å². The SMILES string of the molecule is CCOC(=O)Cc1cccc(OCC)c1OC(F)(F)F. The van der Waals surface area contributed by atoms with E-state index >= 15 is 0 Å². The first-order chi connectivity index (χ1) is 9.37. The number of benzene rings is 1. The van der Waals surface area contributed by atoms with Crippen molar-refractivity contribution in [2.45, 2.75) is 26.6 Å². The lowest BCUT2D eigenvalue weighted by atomic mass is 10.1. The Kier molecular flexibility index (Phi) is 5.66. The predicted octanol–water partition coefficient (Wildman–Crippen LogP) is 3.09. The summed E-state index contributed by atoms with van der Waals surface area (Å²) in [5.41, 5.74) is 0.0618. The molecule has 1 aromatic rings. The van der Waals surface area contributed by atoms with E-state index in [4.69, 9.17) is 9.47 Å². The number of alkyl halides is 3. The third kappa shape index (κ3) is 4.99. The van der Waals surface area contributed by atoms with Gasteiger partial charge in [-0.1, -0.05) is 12.1 Å². The highest BCUT2D eigenvalue weighted by Gasteiger charge is 2.34. The molecular weight excluding hydrogens is 277 g/mol. The summed E-state index contributed by atoms with van der Waals surface area (Å²) in [5.74, 6) is -1.20. The minimum Gasteiger partial charge on any atom is -0.490 e. The molecule has 0 heterocycles. The molecule has 0 unspecified atom stereocenters. The highest BCUT2D eigenvalue weighted by molar-refractivity contribution is 5.74. The molecule has 0 aliphatic heterocycles. The van der Waals surface area contributed by atoms with Gasteiger partial charge in [0.2, 0.25) is 0 Å². The molecule has 0 fully saturated rings. The first kappa shape index (κ1) is 16.1. The number of esters is 1. The Hall–Kier alpha value is -1.92. The summed E-state index contributed by atoms with van der Waals surface area (Å²) in [6, 6.07) is 4.20. The normalized spacial score (nSPS) is 11.1. The van der Waals surface area contributed by atoms with Gasteiger partial charge in [-0.15, -0.1) is 13.2 Å². The van der Waals surface area contributed by atoms with Crippen LogP contribution in [0.1, 0.15) is 19.4 Å². The molecule has 0 spiro atoms. The lowest BCUT2D eigenvalue weighted by molar-refractivity contribution is -0.275. The molecule has 0 aliphatic rings. The van der Waals surface area contributed by atoms with Gasteiger partial charge in [0.25, 0.3) is 0 Å². The van der Waals surface area contributed by atoms with Crippen molar-refractivity contribution < 1.29 is 32.2 Å². The second kappa shape index (κ2) is 7.02. The van der Waals surface area contributed by atoms with Crippen molar-refractivity contribution in [2.75, 3.05) is 13.2 Å². The van der Waals surface area contributed by atoms with Crippen LogP contribution >= 0.6 is 0 Å². The molecule has 0 aromatic heterocycles. The van der Waals surface area contributed by atoms with Gasteiger partial charge in [0.15, 0.2) is 11.5 Å². The third-order valence-corrected chi connectivity index (χ3v) is 2.22. The highest BCUT2D eigenvalue weighted by Crippen LogP contribution is 2.36. The standard InChI is InChI=1S/C13H15F3O4/c1-3-18-10-7-5-6-9(8-11(17)19-4-2)12(10)20-13(14,15)16/h5-7H,3-4,8H2,1-2H3. The van der Waals surface area contributed by atoms with Crippen LogP contribution in [0, 0.1) is 0 Å². The second-order valence-electron chi connectivity index (χ2n) is 3.71. The lowest BCUT2D eigenvalue weighted by Gasteiger charge is -2.16. The van der Waals surface area contributed by atoms with Gasteiger partial charge in [-0.25, -0.2) is 0 Å². The van der Waals surface area contributed by atoms with E-state index in [9.17, 15) is 18.0 Å². The van der Waals surface area contributed by atoms with Crippen molar-refractivity contribution in [3.8, 4) is 11.5 Å². The molecule has 0 aliphatic carbocycles. The van der Waals surface area contributed by atoms with E-state index in [1.54, 1.807) is 13.8 Å². The number of ether oxygens (including phenoxy) is 3. The van der Waals surface area contributed by atoms with E-state index in [-0.39, 0.29) is 30.9 Å². The van der Waals surface area contributed by atoms with Crippen molar-refractivity contribution in [1.29, 1.82) is 0 Å². The molecule has 0 atom stereocenters. The summed E-state index contributed by atoms with van der Waals surface area (Å²) in [6.45, 7) is 3.58. The summed E-state index contributed by atoms with van der Waals surface area (Å²) in [7, 11) is 0. The third-order valence-electron chi connectivity index (χ3n) is 2.22. The summed E-state index contributed by atoms with van der Waals surface area (Å²) >= 11 is 0. The Morgan fingerprint density at radius 1 is 1.20 bits per heavy atom. The number of carbonyl (C=O) groups excluding carboxylic acids is 1. The zero-order valence-electron chi connectivity index (χ0n) is 11.1. The summed E-state index contributed by atoms with van der Waals surface area (Å²) in [5, 5.41) is 0. The molecule has 4 nitrogen and oxygen atoms in total. The van der Waals surface area contributed by atoms with Crippen LogP contribution in [0.2, 0.25) is 0 Å². The van der Waals surface area contributed by atoms with E-state index in [0.29, 0.717) is 0 Å². The zero-order valence-corrected chi connectivity index (χ0v) is 11.1. The maximum absolute atomic E-state index is 12.4. The summed E-state index contributed by atoms with van der Waals surface area (Å²) in [6.07, 6.45) is -5.18. The fourth-order valence-electron chi connectivity index (χ4n) is 1.57. The van der Waals surface area contributed by atoms with Gasteiger partial charge in [-0.3, -0.25) is 4.79 Å². The van der Waals surface area contributed by atoms with E-state index in [2.05, 4.69) is 4.74 Å². The quantitative estimate of drug-likeness (QED) is 0.756. The number of halogens is 3. The molecule has 0 bridgehead atoms. The average Bonchev–Trinajstić information content (AvgIpc) is 2.32. The van der Waals surface area contributed by atoms with Gasteiger partial charge in [0.1, 0.15) is 0 Å². The highest BCUT2D eigenvalue weighted by atomic mass is 19.4. The predicted molar refractivity (Wildman–Crippen MR) is 64.6 cm³/mol. The second-order valence-corrected chi connectivity index (χ2v) is 3.71. The monoisotopic (exact) mass is 292 g/mol. The van der Waals surface area contributed by atoms with Gasteiger partial charge in [0.05, 0.1) is 19.6 Å². The van der Waals surface area contributed by atoms with Gasteiger partial charge in [-0.2, -0.15) is 0 Å². The van der Waals surface area contributed by atoms with Crippen molar-refractivity contribution in [3.63, 3.8) is 0 Å². The Morgan fingerprint density at radius 2 is 1.90 bits per heavy atom. The van der Waals surface area contributed by atoms with Crippen LogP contribution in [0.5, 0.6) is 11.5 Å². The number of hydrogen-bond acceptors (Lipinski definition) is 4. The summed E-state index contributed by atoms with van der Waals surface area (Å²) < 4.78 is 51.1. The Morgan fingerprint density at radius 3 is 2.45 bits per heavy atom. The topological polar surface area (TPSA) is 44.8 Å². The molecule has 0 N–H and O–H groups in total. The fraction of sp³-hybridized carbons (Fsp3) is 0.462. The molecule has 0 saturated heterocycles. The summed E-state index contributed by atoms with van der Waals surface area (Å²) in [4.78, 5) is 11.4. The van der Waals surface area contributed by atoms with Gasteiger partial charge < -0.3 is 14.2 Å². The Bertz CT molecular complexity index is 457. The smallest absolute Gasteiger partial charge is 0.490 e. The van der Waals surface area contributed by atoms with Crippen LogP contribution in [0.4, 0.5) is 13.2 Å². The fourth-order valence-corrected chi connectivity index (χ4v) is 1.57. The van der Waals surface area contributed by atoms with E-state index in [0.717, 1.165) is 0 Å². The molecule has 0 amide bonds. The molecule has 1 aromatic carbocycles. The van der Waals surface area contributed by atoms with Crippen LogP contribution in [-0.4, -0.2) is 25.5 Å². The van der Waals surface area contributed by atoms with Gasteiger partial charge >= 0.3 is 12.3 Å². The van der Waals surface area contributed by atoms with Gasteiger partial charge in [0, 0.05) is 5.56 Å². The number of rotatable bonds is 6. The van der Waals surface area contributed by atoms with Crippen molar-refractivity contribution in [1.82, 2.24) is 0 Å². The Labute approximate surface area is 114 Å². The van der Waals surface area contributed by atoms with Crippen molar-refractivity contribution in [2.24, 2.45) is 0 Å². The minimum atomic E-state index is -4.86. The van der Waals surface area contributed by atoms with Crippen LogP contribution in [-0.2, 0) is 16.0 Å². The first-order valence-corrected chi connectivity index (χ1v) is 6.03. The number of hydrogen-bond donors (Lipinski definition) is 0. The maximum Gasteiger partial charge on any atom is 0.573 e. The van der Waals surface area contributed by atoms with Crippen LogP contribution in [0.3, 0.4) is 0 Å². The maximum atomic E-state index is 12.4. The average molecular weight is 292 g/mol. The molecule has 0 saturated carbocycles. The molecule has 20 heavy (non-hydrogen) atoms. The first-order valence-electron chi connectivity index (χ1n) is 6.03. The van der Waals surface area contributed by atoms with E-state index in [1.165, 1.54) is 18.2 Å².